The van der Waals surface area contributed by atoms with Gasteiger partial charge in [0.15, 0.2) is 0 Å². The Morgan fingerprint density at radius 1 is 1.38 bits per heavy atom. The number of carbonyl (C=O) groups excluding carboxylic acids is 1. The quantitative estimate of drug-likeness (QED) is 0.807. The van der Waals surface area contributed by atoms with Gasteiger partial charge in [-0.15, -0.1) is 0 Å². The first-order valence-electron chi connectivity index (χ1n) is 6.74. The Hall–Kier alpha value is -2.24. The third-order valence-electron chi connectivity index (χ3n) is 3.25. The summed E-state index contributed by atoms with van der Waals surface area (Å²) in [6.45, 7) is 1.86. The molecule has 0 N–H and O–H groups in total. The van der Waals surface area contributed by atoms with E-state index in [1.165, 1.54) is 6.07 Å². The van der Waals surface area contributed by atoms with Gasteiger partial charge in [-0.25, -0.2) is 18.6 Å². The number of hydrogen-bond donors (Lipinski definition) is 0. The summed E-state index contributed by atoms with van der Waals surface area (Å²) in [5.74, 6) is -2.41. The Bertz CT molecular complexity index is 672. The maximum atomic E-state index is 13.8. The molecule has 0 aliphatic heterocycles. The van der Waals surface area contributed by atoms with E-state index in [2.05, 4.69) is 4.98 Å². The molecule has 0 amide bonds. The summed E-state index contributed by atoms with van der Waals surface area (Å²) in [6, 6.07) is 3.48. The van der Waals surface area contributed by atoms with E-state index in [1.54, 1.807) is 6.92 Å². The van der Waals surface area contributed by atoms with E-state index in [0.717, 1.165) is 25.0 Å². The van der Waals surface area contributed by atoms with Crippen molar-refractivity contribution in [3.8, 4) is 11.5 Å². The van der Waals surface area contributed by atoms with Crippen molar-refractivity contribution in [3.63, 3.8) is 0 Å². The Morgan fingerprint density at radius 3 is 2.62 bits per heavy atom. The van der Waals surface area contributed by atoms with Crippen LogP contribution in [0.1, 0.15) is 41.9 Å². The number of halogens is 2. The Labute approximate surface area is 119 Å². The van der Waals surface area contributed by atoms with Crippen LogP contribution < -0.4 is 0 Å². The smallest absolute Gasteiger partial charge is 0.376 e. The molecule has 110 valence electrons. The molecule has 1 aliphatic carbocycles. The first-order chi connectivity index (χ1) is 10.1. The Balaban J connectivity index is 2.08. The van der Waals surface area contributed by atoms with Crippen LogP contribution in [0.3, 0.4) is 0 Å². The van der Waals surface area contributed by atoms with Crippen molar-refractivity contribution in [3.05, 3.63) is 41.3 Å². The highest BCUT2D eigenvalue weighted by molar-refractivity contribution is 5.88. The number of oxazole rings is 1. The van der Waals surface area contributed by atoms with Crippen LogP contribution in [0.15, 0.2) is 22.6 Å². The zero-order valence-corrected chi connectivity index (χ0v) is 11.4. The van der Waals surface area contributed by atoms with Crippen LogP contribution in [-0.2, 0) is 4.74 Å². The summed E-state index contributed by atoms with van der Waals surface area (Å²) in [7, 11) is 0. The van der Waals surface area contributed by atoms with Crippen molar-refractivity contribution >= 4 is 5.97 Å². The minimum Gasteiger partial charge on any atom is -0.460 e. The second-order valence-corrected chi connectivity index (χ2v) is 4.82. The number of carbonyl (C=O) groups is 1. The number of esters is 1. The normalized spacial score (nSPS) is 14.2. The van der Waals surface area contributed by atoms with Gasteiger partial charge in [-0.2, -0.15) is 0 Å². The predicted octanol–water partition coefficient (Wildman–Crippen LogP) is 3.67. The van der Waals surface area contributed by atoms with Gasteiger partial charge in [0.05, 0.1) is 12.3 Å². The van der Waals surface area contributed by atoms with Gasteiger partial charge in [-0.05, 0) is 31.9 Å². The lowest BCUT2D eigenvalue weighted by atomic mass is 10.2. The topological polar surface area (TPSA) is 52.3 Å². The van der Waals surface area contributed by atoms with Gasteiger partial charge in [-0.3, -0.25) is 0 Å². The van der Waals surface area contributed by atoms with Crippen LogP contribution in [0.5, 0.6) is 0 Å². The summed E-state index contributed by atoms with van der Waals surface area (Å²) < 4.78 is 37.8. The molecular formula is C15H13F2NO3. The van der Waals surface area contributed by atoms with Crippen LogP contribution >= 0.6 is 0 Å². The minimum absolute atomic E-state index is 0.0583. The van der Waals surface area contributed by atoms with Crippen molar-refractivity contribution < 1.29 is 22.7 Å². The molecule has 0 unspecified atom stereocenters. The standard InChI is InChI=1S/C15H13F2NO3/c1-2-20-15(19)13-12(8-6-7-8)18-14(21-13)11-9(16)4-3-5-10(11)17/h3-5,8H,2,6-7H2,1H3. The number of benzene rings is 1. The van der Waals surface area contributed by atoms with Crippen molar-refractivity contribution in [2.24, 2.45) is 0 Å². The lowest BCUT2D eigenvalue weighted by Gasteiger charge is -2.00. The molecule has 3 rings (SSSR count). The number of rotatable bonds is 4. The molecular weight excluding hydrogens is 280 g/mol. The molecule has 1 aromatic carbocycles. The third-order valence-corrected chi connectivity index (χ3v) is 3.25. The molecule has 0 saturated heterocycles. The van der Waals surface area contributed by atoms with Gasteiger partial charge in [0.25, 0.3) is 0 Å². The fraction of sp³-hybridized carbons (Fsp3) is 0.333. The summed E-state index contributed by atoms with van der Waals surface area (Å²) in [4.78, 5) is 16.0. The average Bonchev–Trinajstić information content (AvgIpc) is 3.19. The summed E-state index contributed by atoms with van der Waals surface area (Å²) in [5.41, 5.74) is 0.0565. The monoisotopic (exact) mass is 293 g/mol. The SMILES string of the molecule is CCOC(=O)c1oc(-c2c(F)cccc2F)nc1C1CC1. The molecule has 1 aliphatic rings. The van der Waals surface area contributed by atoms with Gasteiger partial charge in [0, 0.05) is 5.92 Å². The Kier molecular flexibility index (Phi) is 3.45. The highest BCUT2D eigenvalue weighted by atomic mass is 19.1. The summed E-state index contributed by atoms with van der Waals surface area (Å²) >= 11 is 0. The second kappa shape index (κ2) is 5.27. The number of nitrogens with zero attached hydrogens (tertiary/aromatic N) is 1. The lowest BCUT2D eigenvalue weighted by molar-refractivity contribution is 0.0489. The molecule has 1 heterocycles. The fourth-order valence-corrected chi connectivity index (χ4v) is 2.12. The van der Waals surface area contributed by atoms with E-state index in [4.69, 9.17) is 9.15 Å². The van der Waals surface area contributed by atoms with Gasteiger partial charge in [0.2, 0.25) is 11.7 Å². The lowest BCUT2D eigenvalue weighted by Crippen LogP contribution is -2.05. The second-order valence-electron chi connectivity index (χ2n) is 4.82. The van der Waals surface area contributed by atoms with Gasteiger partial charge in [0.1, 0.15) is 17.2 Å². The summed E-state index contributed by atoms with van der Waals surface area (Å²) in [6.07, 6.45) is 1.75. The predicted molar refractivity (Wildman–Crippen MR) is 69.8 cm³/mol. The molecule has 0 atom stereocenters. The fourth-order valence-electron chi connectivity index (χ4n) is 2.12. The molecule has 0 radical (unpaired) electrons. The maximum Gasteiger partial charge on any atom is 0.376 e. The average molecular weight is 293 g/mol. The Morgan fingerprint density at radius 2 is 2.05 bits per heavy atom. The third kappa shape index (κ3) is 2.53. The van der Waals surface area contributed by atoms with Crippen molar-refractivity contribution in [1.29, 1.82) is 0 Å². The highest BCUT2D eigenvalue weighted by Crippen LogP contribution is 2.43. The zero-order chi connectivity index (χ0) is 15.0. The molecule has 0 spiro atoms. The number of aromatic nitrogens is 1. The largest absolute Gasteiger partial charge is 0.460 e. The maximum absolute atomic E-state index is 13.8. The molecule has 4 nitrogen and oxygen atoms in total. The van der Waals surface area contributed by atoms with Crippen LogP contribution in [0.4, 0.5) is 8.78 Å². The van der Waals surface area contributed by atoms with Crippen LogP contribution in [0, 0.1) is 11.6 Å². The van der Waals surface area contributed by atoms with E-state index < -0.39 is 17.6 Å². The molecule has 1 aromatic heterocycles. The van der Waals surface area contributed by atoms with Gasteiger partial charge >= 0.3 is 5.97 Å². The molecule has 1 saturated carbocycles. The first-order valence-corrected chi connectivity index (χ1v) is 6.74. The highest BCUT2D eigenvalue weighted by Gasteiger charge is 2.35. The zero-order valence-electron chi connectivity index (χ0n) is 11.4. The summed E-state index contributed by atoms with van der Waals surface area (Å²) in [5, 5.41) is 0. The van der Waals surface area contributed by atoms with E-state index in [1.807, 2.05) is 0 Å². The van der Waals surface area contributed by atoms with Crippen molar-refractivity contribution in [2.45, 2.75) is 25.7 Å². The van der Waals surface area contributed by atoms with E-state index in [-0.39, 0.29) is 29.7 Å². The first kappa shape index (κ1) is 13.7. The molecule has 0 bridgehead atoms. The van der Waals surface area contributed by atoms with Gasteiger partial charge < -0.3 is 9.15 Å². The molecule has 21 heavy (non-hydrogen) atoms. The van der Waals surface area contributed by atoms with Crippen molar-refractivity contribution in [2.75, 3.05) is 6.61 Å². The van der Waals surface area contributed by atoms with Crippen molar-refractivity contribution in [1.82, 2.24) is 4.98 Å². The van der Waals surface area contributed by atoms with Crippen LogP contribution in [0.2, 0.25) is 0 Å². The number of ether oxygens (including phenoxy) is 1. The molecule has 1 fully saturated rings. The van der Waals surface area contributed by atoms with Gasteiger partial charge in [-0.1, -0.05) is 6.07 Å². The molecule has 2 aromatic rings. The van der Waals surface area contributed by atoms with Crippen LogP contribution in [0.25, 0.3) is 11.5 Å². The number of hydrogen-bond acceptors (Lipinski definition) is 4. The van der Waals surface area contributed by atoms with E-state index in [0.29, 0.717) is 5.69 Å². The van der Waals surface area contributed by atoms with E-state index in [9.17, 15) is 13.6 Å². The molecule has 6 heteroatoms. The van der Waals surface area contributed by atoms with E-state index >= 15 is 0 Å². The van der Waals surface area contributed by atoms with Crippen LogP contribution in [-0.4, -0.2) is 17.6 Å². The minimum atomic E-state index is -0.783.